The lowest BCUT2D eigenvalue weighted by atomic mass is 10.2. The molecule has 3 aromatic heterocycles. The van der Waals surface area contributed by atoms with Crippen molar-refractivity contribution in [2.75, 3.05) is 0 Å². The molecule has 0 aliphatic carbocycles. The number of H-pyrrole nitrogens is 1. The Morgan fingerprint density at radius 1 is 1.45 bits per heavy atom. The van der Waals surface area contributed by atoms with Gasteiger partial charge < -0.3 is 14.7 Å². The number of hydrogen-bond acceptors (Lipinski definition) is 4. The number of nitrogens with zero attached hydrogens (tertiary/aromatic N) is 2. The minimum atomic E-state index is -0.0820. The summed E-state index contributed by atoms with van der Waals surface area (Å²) in [7, 11) is 0. The molecule has 6 heteroatoms. The largest absolute Gasteiger partial charge is 0.392 e. The van der Waals surface area contributed by atoms with Crippen LogP contribution in [0, 0.1) is 13.8 Å². The monoisotopic (exact) mass is 289 g/mol. The Morgan fingerprint density at radius 2 is 2.25 bits per heavy atom. The van der Waals surface area contributed by atoms with E-state index in [1.54, 1.807) is 11.3 Å². The second kappa shape index (κ2) is 4.88. The summed E-state index contributed by atoms with van der Waals surface area (Å²) in [5.41, 5.74) is 1.77. The molecule has 3 heterocycles. The van der Waals surface area contributed by atoms with Crippen LogP contribution in [0.5, 0.6) is 0 Å². The Bertz CT molecular complexity index is 829. The minimum Gasteiger partial charge on any atom is -0.392 e. The van der Waals surface area contributed by atoms with Crippen LogP contribution in [-0.4, -0.2) is 19.6 Å². The first-order valence-corrected chi connectivity index (χ1v) is 7.14. The molecule has 104 valence electrons. The van der Waals surface area contributed by atoms with Crippen LogP contribution in [0.2, 0.25) is 0 Å². The number of aryl methyl sites for hydroxylation is 2. The predicted molar refractivity (Wildman–Crippen MR) is 79.2 cm³/mol. The maximum atomic E-state index is 12.1. The van der Waals surface area contributed by atoms with Crippen LogP contribution in [-0.2, 0) is 13.2 Å². The molecule has 0 aliphatic heterocycles. The Morgan fingerprint density at radius 3 is 2.95 bits per heavy atom. The first kappa shape index (κ1) is 13.1. The number of fused-ring (bicyclic) bond motifs is 1. The maximum absolute atomic E-state index is 12.1. The molecule has 0 fully saturated rings. The lowest BCUT2D eigenvalue weighted by Crippen LogP contribution is -2.13. The van der Waals surface area contributed by atoms with Crippen LogP contribution >= 0.6 is 11.3 Å². The molecular formula is C14H15N3O2S. The van der Waals surface area contributed by atoms with Gasteiger partial charge in [0.25, 0.3) is 5.56 Å². The molecule has 0 aliphatic rings. The fourth-order valence-electron chi connectivity index (χ4n) is 2.23. The number of aromatic nitrogens is 3. The van der Waals surface area contributed by atoms with Gasteiger partial charge in [0.2, 0.25) is 0 Å². The van der Waals surface area contributed by atoms with E-state index in [0.29, 0.717) is 17.8 Å². The molecule has 2 N–H and O–H groups in total. The standard InChI is InChI=1S/C14H15N3O2S/c1-8-9(2)20-14-12(8)13(19)15-11(16-14)6-17-4-3-10(5-17)7-18/h3-5,18H,6-7H2,1-2H3,(H,15,16,19). The highest BCUT2D eigenvalue weighted by atomic mass is 32.1. The molecule has 20 heavy (non-hydrogen) atoms. The van der Waals surface area contributed by atoms with Crippen LogP contribution in [0.1, 0.15) is 21.8 Å². The third-order valence-electron chi connectivity index (χ3n) is 3.41. The van der Waals surface area contributed by atoms with Crippen molar-refractivity contribution in [1.29, 1.82) is 0 Å². The van der Waals surface area contributed by atoms with Crippen molar-refractivity contribution in [1.82, 2.24) is 14.5 Å². The van der Waals surface area contributed by atoms with Crippen LogP contribution < -0.4 is 5.56 Å². The highest BCUT2D eigenvalue weighted by molar-refractivity contribution is 7.18. The molecule has 0 saturated heterocycles. The number of aromatic amines is 1. The van der Waals surface area contributed by atoms with Gasteiger partial charge in [0, 0.05) is 17.3 Å². The number of aliphatic hydroxyl groups is 1. The minimum absolute atomic E-state index is 0.0132. The van der Waals surface area contributed by atoms with E-state index >= 15 is 0 Å². The fourth-order valence-corrected chi connectivity index (χ4v) is 3.28. The number of aliphatic hydroxyl groups excluding tert-OH is 1. The molecule has 0 unspecified atom stereocenters. The zero-order valence-electron chi connectivity index (χ0n) is 11.3. The molecule has 0 saturated carbocycles. The Hall–Kier alpha value is -1.92. The van der Waals surface area contributed by atoms with Crippen LogP contribution in [0.25, 0.3) is 10.2 Å². The van der Waals surface area contributed by atoms with E-state index in [0.717, 1.165) is 20.8 Å². The summed E-state index contributed by atoms with van der Waals surface area (Å²) in [4.78, 5) is 21.4. The van der Waals surface area contributed by atoms with E-state index < -0.39 is 0 Å². The molecule has 3 aromatic rings. The highest BCUT2D eigenvalue weighted by Crippen LogP contribution is 2.25. The number of nitrogens with one attached hydrogen (secondary N) is 1. The van der Waals surface area contributed by atoms with Crippen LogP contribution in [0.15, 0.2) is 23.3 Å². The van der Waals surface area contributed by atoms with Gasteiger partial charge in [-0.3, -0.25) is 4.79 Å². The predicted octanol–water partition coefficient (Wildman–Crippen LogP) is 1.94. The first-order valence-electron chi connectivity index (χ1n) is 6.33. The lowest BCUT2D eigenvalue weighted by Gasteiger charge is -2.02. The van der Waals surface area contributed by atoms with E-state index in [2.05, 4.69) is 9.97 Å². The second-order valence-corrected chi connectivity index (χ2v) is 6.03. The molecular weight excluding hydrogens is 274 g/mol. The zero-order chi connectivity index (χ0) is 14.3. The van der Waals surface area contributed by atoms with Crippen LogP contribution in [0.3, 0.4) is 0 Å². The summed E-state index contributed by atoms with van der Waals surface area (Å²) in [6.45, 7) is 4.45. The number of rotatable bonds is 3. The molecule has 5 nitrogen and oxygen atoms in total. The molecule has 0 amide bonds. The third kappa shape index (κ3) is 2.17. The summed E-state index contributed by atoms with van der Waals surface area (Å²) in [5, 5.41) is 9.74. The molecule has 3 rings (SSSR count). The van der Waals surface area contributed by atoms with Crippen molar-refractivity contribution in [3.05, 3.63) is 50.6 Å². The first-order chi connectivity index (χ1) is 9.58. The highest BCUT2D eigenvalue weighted by Gasteiger charge is 2.11. The summed E-state index contributed by atoms with van der Waals surface area (Å²) in [6.07, 6.45) is 3.70. The van der Waals surface area contributed by atoms with Crippen molar-refractivity contribution in [3.8, 4) is 0 Å². The Balaban J connectivity index is 2.02. The zero-order valence-corrected chi connectivity index (χ0v) is 12.1. The van der Waals surface area contributed by atoms with Crippen molar-refractivity contribution in [2.45, 2.75) is 27.0 Å². The van der Waals surface area contributed by atoms with Crippen molar-refractivity contribution in [2.24, 2.45) is 0 Å². The molecule has 0 bridgehead atoms. The van der Waals surface area contributed by atoms with E-state index in [4.69, 9.17) is 5.11 Å². The van der Waals surface area contributed by atoms with E-state index in [9.17, 15) is 4.79 Å². The van der Waals surface area contributed by atoms with Gasteiger partial charge in [-0.25, -0.2) is 4.98 Å². The average Bonchev–Trinajstić information content (AvgIpc) is 2.95. The third-order valence-corrected chi connectivity index (χ3v) is 4.52. The summed E-state index contributed by atoms with van der Waals surface area (Å²) >= 11 is 1.55. The van der Waals surface area contributed by atoms with E-state index in [-0.39, 0.29) is 12.2 Å². The van der Waals surface area contributed by atoms with E-state index in [1.807, 2.05) is 36.9 Å². The summed E-state index contributed by atoms with van der Waals surface area (Å²) in [6, 6.07) is 1.84. The second-order valence-electron chi connectivity index (χ2n) is 4.83. The van der Waals surface area contributed by atoms with Gasteiger partial charge in [0.05, 0.1) is 18.5 Å². The smallest absolute Gasteiger partial charge is 0.259 e. The van der Waals surface area contributed by atoms with Gasteiger partial charge in [0.1, 0.15) is 10.7 Å². The summed E-state index contributed by atoms with van der Waals surface area (Å²) < 4.78 is 1.89. The lowest BCUT2D eigenvalue weighted by molar-refractivity contribution is 0.281. The molecule has 0 atom stereocenters. The maximum Gasteiger partial charge on any atom is 0.259 e. The Kier molecular flexibility index (Phi) is 3.19. The van der Waals surface area contributed by atoms with Gasteiger partial charge in [-0.2, -0.15) is 0 Å². The molecule has 0 radical (unpaired) electrons. The Labute approximate surface area is 119 Å². The number of thiophene rings is 1. The molecule has 0 spiro atoms. The average molecular weight is 289 g/mol. The van der Waals surface area contributed by atoms with Gasteiger partial charge in [0.15, 0.2) is 0 Å². The van der Waals surface area contributed by atoms with Gasteiger partial charge >= 0.3 is 0 Å². The quantitative estimate of drug-likeness (QED) is 0.774. The SMILES string of the molecule is Cc1sc2nc(Cn3ccc(CO)c3)[nH]c(=O)c2c1C. The van der Waals surface area contributed by atoms with E-state index in [1.165, 1.54) is 0 Å². The summed E-state index contributed by atoms with van der Waals surface area (Å²) in [5.74, 6) is 0.629. The topological polar surface area (TPSA) is 70.9 Å². The van der Waals surface area contributed by atoms with Gasteiger partial charge in [-0.15, -0.1) is 11.3 Å². The normalized spacial score (nSPS) is 11.3. The number of hydrogen-bond donors (Lipinski definition) is 2. The van der Waals surface area contributed by atoms with Crippen molar-refractivity contribution in [3.63, 3.8) is 0 Å². The van der Waals surface area contributed by atoms with Crippen molar-refractivity contribution < 1.29 is 5.11 Å². The van der Waals surface area contributed by atoms with Gasteiger partial charge in [-0.1, -0.05) is 0 Å². The van der Waals surface area contributed by atoms with Crippen LogP contribution in [0.4, 0.5) is 0 Å². The van der Waals surface area contributed by atoms with Gasteiger partial charge in [-0.05, 0) is 31.0 Å². The fraction of sp³-hybridized carbons (Fsp3) is 0.286. The van der Waals surface area contributed by atoms with Crippen molar-refractivity contribution >= 4 is 21.6 Å². The molecule has 0 aromatic carbocycles.